The van der Waals surface area contributed by atoms with E-state index >= 15 is 0 Å². The van der Waals surface area contributed by atoms with Crippen LogP contribution in [0.2, 0.25) is 5.02 Å². The third-order valence-electron chi connectivity index (χ3n) is 5.66. The molecule has 2 aliphatic heterocycles. The fourth-order valence-electron chi connectivity index (χ4n) is 4.20. The van der Waals surface area contributed by atoms with E-state index in [0.29, 0.717) is 36.6 Å². The number of carbonyl (C=O) groups is 1. The standard InChI is InChI=1S/C20H25ClN4O3S/c1-23-14-17(21)20(22-23)18-6-3-2-4-13-25(18)29(27,28)16-10-8-15(9-11-16)24-12-5-7-19(24)26/h8-11,14,18H,2-7,12-13H2,1H3. The molecule has 1 amide bonds. The molecule has 2 aromatic rings. The monoisotopic (exact) mass is 436 g/mol. The lowest BCUT2D eigenvalue weighted by molar-refractivity contribution is -0.117. The Labute approximate surface area is 176 Å². The summed E-state index contributed by atoms with van der Waals surface area (Å²) in [6.07, 6.45) is 6.48. The number of hydrogen-bond acceptors (Lipinski definition) is 4. The van der Waals surface area contributed by atoms with E-state index in [-0.39, 0.29) is 16.8 Å². The Kier molecular flexibility index (Phi) is 5.68. The molecule has 9 heteroatoms. The van der Waals surface area contributed by atoms with Crippen molar-refractivity contribution in [3.05, 3.63) is 41.2 Å². The zero-order valence-electron chi connectivity index (χ0n) is 16.4. The summed E-state index contributed by atoms with van der Waals surface area (Å²) in [5.41, 5.74) is 1.35. The van der Waals surface area contributed by atoms with Crippen molar-refractivity contribution >= 4 is 33.2 Å². The van der Waals surface area contributed by atoms with Gasteiger partial charge in [-0.25, -0.2) is 8.42 Å². The van der Waals surface area contributed by atoms with Crippen molar-refractivity contribution in [2.75, 3.05) is 18.0 Å². The first-order chi connectivity index (χ1) is 13.9. The van der Waals surface area contributed by atoms with Crippen LogP contribution in [0.3, 0.4) is 0 Å². The largest absolute Gasteiger partial charge is 0.312 e. The Morgan fingerprint density at radius 2 is 1.83 bits per heavy atom. The maximum absolute atomic E-state index is 13.5. The van der Waals surface area contributed by atoms with Gasteiger partial charge in [0.2, 0.25) is 15.9 Å². The van der Waals surface area contributed by atoms with Gasteiger partial charge in [-0.05, 0) is 43.5 Å². The van der Waals surface area contributed by atoms with Crippen molar-refractivity contribution < 1.29 is 13.2 Å². The summed E-state index contributed by atoms with van der Waals surface area (Å²) in [5.74, 6) is 0.0815. The van der Waals surface area contributed by atoms with Gasteiger partial charge in [0.15, 0.2) is 0 Å². The van der Waals surface area contributed by atoms with Crippen LogP contribution in [0.25, 0.3) is 0 Å². The van der Waals surface area contributed by atoms with E-state index in [1.54, 1.807) is 51.4 Å². The van der Waals surface area contributed by atoms with Crippen LogP contribution in [0.5, 0.6) is 0 Å². The topological polar surface area (TPSA) is 75.5 Å². The number of rotatable bonds is 4. The lowest BCUT2D eigenvalue weighted by Crippen LogP contribution is -2.35. The molecule has 3 heterocycles. The van der Waals surface area contributed by atoms with Crippen molar-refractivity contribution in [2.45, 2.75) is 49.5 Å². The molecule has 1 aromatic carbocycles. The molecule has 1 aromatic heterocycles. The van der Waals surface area contributed by atoms with Crippen LogP contribution < -0.4 is 4.90 Å². The molecule has 0 radical (unpaired) electrons. The molecule has 0 bridgehead atoms. The van der Waals surface area contributed by atoms with Crippen LogP contribution in [-0.4, -0.2) is 41.5 Å². The fourth-order valence-corrected chi connectivity index (χ4v) is 6.17. The molecular weight excluding hydrogens is 412 g/mol. The molecule has 156 valence electrons. The van der Waals surface area contributed by atoms with E-state index in [0.717, 1.165) is 31.4 Å². The number of sulfonamides is 1. The zero-order valence-corrected chi connectivity index (χ0v) is 18.0. The molecule has 2 saturated heterocycles. The molecule has 2 fully saturated rings. The normalized spacial score (nSPS) is 21.5. The Morgan fingerprint density at radius 1 is 1.07 bits per heavy atom. The number of nitrogens with zero attached hydrogens (tertiary/aromatic N) is 4. The number of hydrogen-bond donors (Lipinski definition) is 0. The molecule has 1 atom stereocenters. The van der Waals surface area contributed by atoms with E-state index < -0.39 is 10.0 Å². The average molecular weight is 437 g/mol. The van der Waals surface area contributed by atoms with Crippen LogP contribution >= 0.6 is 11.6 Å². The Morgan fingerprint density at radius 3 is 2.45 bits per heavy atom. The van der Waals surface area contributed by atoms with E-state index in [1.165, 1.54) is 0 Å². The second-order valence-corrected chi connectivity index (χ2v) is 9.96. The minimum Gasteiger partial charge on any atom is -0.312 e. The van der Waals surface area contributed by atoms with Gasteiger partial charge < -0.3 is 4.90 Å². The molecule has 1 unspecified atom stereocenters. The summed E-state index contributed by atoms with van der Waals surface area (Å²) in [5, 5.41) is 4.93. The summed E-state index contributed by atoms with van der Waals surface area (Å²) < 4.78 is 30.2. The SMILES string of the molecule is Cn1cc(Cl)c(C2CCCCCN2S(=O)(=O)c2ccc(N3CCCC3=O)cc2)n1. The first kappa shape index (κ1) is 20.4. The summed E-state index contributed by atoms with van der Waals surface area (Å²) >= 11 is 6.36. The number of benzene rings is 1. The van der Waals surface area contributed by atoms with Crippen LogP contribution in [0.1, 0.15) is 50.3 Å². The van der Waals surface area contributed by atoms with Gasteiger partial charge in [0.1, 0.15) is 0 Å². The summed E-state index contributed by atoms with van der Waals surface area (Å²) in [4.78, 5) is 13.9. The first-order valence-corrected chi connectivity index (χ1v) is 11.8. The Bertz CT molecular complexity index is 1000. The molecule has 4 rings (SSSR count). The van der Waals surface area contributed by atoms with Crippen LogP contribution in [0.15, 0.2) is 35.4 Å². The van der Waals surface area contributed by atoms with Gasteiger partial charge in [0.05, 0.1) is 21.7 Å². The minimum atomic E-state index is -3.72. The Balaban J connectivity index is 1.66. The predicted octanol–water partition coefficient (Wildman–Crippen LogP) is 3.51. The molecule has 29 heavy (non-hydrogen) atoms. The third-order valence-corrected chi connectivity index (χ3v) is 7.87. The predicted molar refractivity (Wildman–Crippen MR) is 111 cm³/mol. The van der Waals surface area contributed by atoms with Crippen molar-refractivity contribution in [1.82, 2.24) is 14.1 Å². The van der Waals surface area contributed by atoms with E-state index in [2.05, 4.69) is 5.10 Å². The van der Waals surface area contributed by atoms with Crippen molar-refractivity contribution in [2.24, 2.45) is 7.05 Å². The maximum Gasteiger partial charge on any atom is 0.243 e. The highest BCUT2D eigenvalue weighted by Gasteiger charge is 2.36. The molecule has 0 spiro atoms. The summed E-state index contributed by atoms with van der Waals surface area (Å²) in [7, 11) is -1.94. The minimum absolute atomic E-state index is 0.0815. The molecule has 2 aliphatic rings. The van der Waals surface area contributed by atoms with Gasteiger partial charge >= 0.3 is 0 Å². The quantitative estimate of drug-likeness (QED) is 0.735. The molecule has 7 nitrogen and oxygen atoms in total. The second kappa shape index (κ2) is 8.08. The highest BCUT2D eigenvalue weighted by atomic mass is 35.5. The first-order valence-electron chi connectivity index (χ1n) is 9.99. The van der Waals surface area contributed by atoms with E-state index in [4.69, 9.17) is 11.6 Å². The van der Waals surface area contributed by atoms with E-state index in [1.807, 2.05) is 0 Å². The van der Waals surface area contributed by atoms with Gasteiger partial charge in [-0.15, -0.1) is 0 Å². The van der Waals surface area contributed by atoms with Gasteiger partial charge in [0, 0.05) is 38.4 Å². The summed E-state index contributed by atoms with van der Waals surface area (Å²) in [6, 6.07) is 6.25. The average Bonchev–Trinajstić information content (AvgIpc) is 3.16. The van der Waals surface area contributed by atoms with Crippen molar-refractivity contribution in [3.63, 3.8) is 0 Å². The lowest BCUT2D eigenvalue weighted by atomic mass is 10.1. The molecule has 0 aliphatic carbocycles. The number of carbonyl (C=O) groups excluding carboxylic acids is 1. The van der Waals surface area contributed by atoms with Gasteiger partial charge in [0.25, 0.3) is 0 Å². The fraction of sp³-hybridized carbons (Fsp3) is 0.500. The zero-order chi connectivity index (χ0) is 20.6. The number of amides is 1. The second-order valence-electron chi connectivity index (χ2n) is 7.66. The van der Waals surface area contributed by atoms with Gasteiger partial charge in [-0.2, -0.15) is 9.40 Å². The maximum atomic E-state index is 13.5. The highest BCUT2D eigenvalue weighted by Crippen LogP contribution is 2.37. The van der Waals surface area contributed by atoms with Crippen LogP contribution in [0, 0.1) is 0 Å². The molecule has 0 saturated carbocycles. The highest BCUT2D eigenvalue weighted by molar-refractivity contribution is 7.89. The number of aromatic nitrogens is 2. The number of aryl methyl sites for hydroxylation is 1. The third kappa shape index (κ3) is 3.93. The summed E-state index contributed by atoms with van der Waals surface area (Å²) in [6.45, 7) is 1.11. The van der Waals surface area contributed by atoms with Crippen LogP contribution in [-0.2, 0) is 21.9 Å². The van der Waals surface area contributed by atoms with Crippen molar-refractivity contribution in [1.29, 1.82) is 0 Å². The smallest absolute Gasteiger partial charge is 0.243 e. The van der Waals surface area contributed by atoms with Crippen LogP contribution in [0.4, 0.5) is 5.69 Å². The van der Waals surface area contributed by atoms with Crippen molar-refractivity contribution in [3.8, 4) is 0 Å². The number of anilines is 1. The van der Waals surface area contributed by atoms with Gasteiger partial charge in [-0.1, -0.05) is 24.4 Å². The number of halogens is 1. The molecular formula is C20H25ClN4O3S. The van der Waals surface area contributed by atoms with E-state index in [9.17, 15) is 13.2 Å². The lowest BCUT2D eigenvalue weighted by Gasteiger charge is -2.28. The Hall–Kier alpha value is -1.90. The molecule has 0 N–H and O–H groups in total. The van der Waals surface area contributed by atoms with Gasteiger partial charge in [-0.3, -0.25) is 9.48 Å².